The lowest BCUT2D eigenvalue weighted by Crippen LogP contribution is -2.27. The van der Waals surface area contributed by atoms with Gasteiger partial charge in [0.05, 0.1) is 24.8 Å². The Labute approximate surface area is 239 Å². The predicted octanol–water partition coefficient (Wildman–Crippen LogP) is 6.51. The standard InChI is InChI=1S/C28H25BrN2O5S2/c1-16-17(2)20(11-10-19(16)29)30-26(32)15-36-23-12-9-18(13-24(23)35-4)14-25-27(33)31(28(37)38-25)21-7-5-6-8-22(21)34-3/h5-14H,15H2,1-4H3,(H,30,32)/b25-14+. The summed E-state index contributed by atoms with van der Waals surface area (Å²) in [6.07, 6.45) is 1.74. The summed E-state index contributed by atoms with van der Waals surface area (Å²) >= 11 is 10.2. The van der Waals surface area contributed by atoms with Crippen molar-refractivity contribution in [3.63, 3.8) is 0 Å². The summed E-state index contributed by atoms with van der Waals surface area (Å²) in [6, 6.07) is 16.2. The second-order valence-corrected chi connectivity index (χ2v) is 10.8. The zero-order valence-electron chi connectivity index (χ0n) is 21.2. The number of thiocarbonyl (C=S) groups is 1. The quantitative estimate of drug-likeness (QED) is 0.230. The molecule has 2 amide bonds. The second-order valence-electron chi connectivity index (χ2n) is 8.28. The average molecular weight is 614 g/mol. The molecule has 0 spiro atoms. The minimum atomic E-state index is -0.291. The molecule has 1 N–H and O–H groups in total. The minimum absolute atomic E-state index is 0.193. The highest BCUT2D eigenvalue weighted by atomic mass is 79.9. The van der Waals surface area contributed by atoms with E-state index in [1.165, 1.54) is 23.8 Å². The van der Waals surface area contributed by atoms with Crippen molar-refractivity contribution in [2.24, 2.45) is 0 Å². The molecule has 1 saturated heterocycles. The van der Waals surface area contributed by atoms with Gasteiger partial charge in [-0.2, -0.15) is 0 Å². The van der Waals surface area contributed by atoms with Crippen LogP contribution in [0, 0.1) is 13.8 Å². The molecule has 0 aliphatic carbocycles. The van der Waals surface area contributed by atoms with E-state index >= 15 is 0 Å². The molecule has 1 aliphatic rings. The highest BCUT2D eigenvalue weighted by Crippen LogP contribution is 2.40. The maximum atomic E-state index is 13.2. The molecular weight excluding hydrogens is 588 g/mol. The SMILES string of the molecule is COc1cc(/C=C2/SC(=S)N(c3ccccc3OC)C2=O)ccc1OCC(=O)Nc1ccc(Br)c(C)c1C. The van der Waals surface area contributed by atoms with Gasteiger partial charge < -0.3 is 19.5 Å². The fraction of sp³-hybridized carbons (Fsp3) is 0.179. The van der Waals surface area contributed by atoms with Crippen LogP contribution in [0.4, 0.5) is 11.4 Å². The molecule has 10 heteroatoms. The molecular formula is C28H25BrN2O5S2. The first kappa shape index (κ1) is 27.7. The van der Waals surface area contributed by atoms with E-state index in [0.29, 0.717) is 32.2 Å². The summed E-state index contributed by atoms with van der Waals surface area (Å²) in [6.45, 7) is 3.73. The summed E-state index contributed by atoms with van der Waals surface area (Å²) in [4.78, 5) is 27.7. The lowest BCUT2D eigenvalue weighted by Gasteiger charge is -2.17. The molecule has 1 fully saturated rings. The topological polar surface area (TPSA) is 77.1 Å². The van der Waals surface area contributed by atoms with E-state index in [4.69, 9.17) is 26.4 Å². The third-order valence-electron chi connectivity index (χ3n) is 5.96. The summed E-state index contributed by atoms with van der Waals surface area (Å²) in [5, 5.41) is 2.88. The maximum Gasteiger partial charge on any atom is 0.270 e. The number of halogens is 1. The predicted molar refractivity (Wildman–Crippen MR) is 159 cm³/mol. The first-order chi connectivity index (χ1) is 18.2. The smallest absolute Gasteiger partial charge is 0.270 e. The van der Waals surface area contributed by atoms with Crippen molar-refractivity contribution in [1.82, 2.24) is 0 Å². The number of nitrogens with zero attached hydrogens (tertiary/aromatic N) is 1. The Kier molecular flexibility index (Phi) is 8.76. The van der Waals surface area contributed by atoms with Crippen molar-refractivity contribution >= 4 is 73.5 Å². The van der Waals surface area contributed by atoms with Crippen LogP contribution in [-0.2, 0) is 9.59 Å². The number of hydrogen-bond acceptors (Lipinski definition) is 7. The number of carbonyl (C=O) groups excluding carboxylic acids is 2. The number of ether oxygens (including phenoxy) is 3. The van der Waals surface area contributed by atoms with Gasteiger partial charge >= 0.3 is 0 Å². The maximum absolute atomic E-state index is 13.2. The van der Waals surface area contributed by atoms with Crippen molar-refractivity contribution in [2.45, 2.75) is 13.8 Å². The number of thioether (sulfide) groups is 1. The van der Waals surface area contributed by atoms with E-state index in [1.54, 1.807) is 43.5 Å². The number of hydrogen-bond donors (Lipinski definition) is 1. The molecule has 1 heterocycles. The van der Waals surface area contributed by atoms with Crippen molar-refractivity contribution in [1.29, 1.82) is 0 Å². The first-order valence-corrected chi connectivity index (χ1v) is 13.5. The fourth-order valence-corrected chi connectivity index (χ4v) is 5.50. The molecule has 0 saturated carbocycles. The minimum Gasteiger partial charge on any atom is -0.495 e. The molecule has 1 aliphatic heterocycles. The Balaban J connectivity index is 1.47. The van der Waals surface area contributed by atoms with E-state index in [-0.39, 0.29) is 18.4 Å². The molecule has 4 rings (SSSR count). The van der Waals surface area contributed by atoms with Gasteiger partial charge in [0, 0.05) is 10.2 Å². The number of methoxy groups -OCH3 is 2. The summed E-state index contributed by atoms with van der Waals surface area (Å²) < 4.78 is 18.0. The lowest BCUT2D eigenvalue weighted by atomic mass is 10.1. The Morgan fingerprint density at radius 1 is 1.03 bits per heavy atom. The monoisotopic (exact) mass is 612 g/mol. The summed E-state index contributed by atoms with van der Waals surface area (Å²) in [5.74, 6) is 0.870. The zero-order chi connectivity index (χ0) is 27.4. The molecule has 0 unspecified atom stereocenters. The Bertz CT molecular complexity index is 1460. The van der Waals surface area contributed by atoms with Gasteiger partial charge in [0.2, 0.25) is 0 Å². The number of carbonyl (C=O) groups is 2. The normalized spacial score (nSPS) is 14.1. The number of rotatable bonds is 8. The van der Waals surface area contributed by atoms with Crippen LogP contribution in [0.25, 0.3) is 6.08 Å². The van der Waals surface area contributed by atoms with Gasteiger partial charge in [-0.05, 0) is 73.0 Å². The molecule has 38 heavy (non-hydrogen) atoms. The zero-order valence-corrected chi connectivity index (χ0v) is 24.4. The van der Waals surface area contributed by atoms with Gasteiger partial charge in [-0.1, -0.05) is 58.1 Å². The summed E-state index contributed by atoms with van der Waals surface area (Å²) in [7, 11) is 3.07. The molecule has 3 aromatic carbocycles. The van der Waals surface area contributed by atoms with Crippen molar-refractivity contribution in [2.75, 3.05) is 31.0 Å². The van der Waals surface area contributed by atoms with Crippen LogP contribution >= 0.6 is 39.9 Å². The molecule has 0 atom stereocenters. The molecule has 7 nitrogen and oxygen atoms in total. The van der Waals surface area contributed by atoms with E-state index in [2.05, 4.69) is 21.2 Å². The Morgan fingerprint density at radius 2 is 1.76 bits per heavy atom. The second kappa shape index (κ2) is 12.0. The number of para-hydroxylation sites is 2. The highest BCUT2D eigenvalue weighted by Gasteiger charge is 2.34. The average Bonchev–Trinajstić information content (AvgIpc) is 3.19. The van der Waals surface area contributed by atoms with Gasteiger partial charge in [0.15, 0.2) is 22.4 Å². The van der Waals surface area contributed by atoms with Crippen molar-refractivity contribution < 1.29 is 23.8 Å². The van der Waals surface area contributed by atoms with Crippen LogP contribution in [0.15, 0.2) is 64.0 Å². The third-order valence-corrected chi connectivity index (χ3v) is 8.12. The van der Waals surface area contributed by atoms with E-state index in [1.807, 2.05) is 38.1 Å². The van der Waals surface area contributed by atoms with E-state index in [9.17, 15) is 9.59 Å². The molecule has 0 aromatic heterocycles. The molecule has 3 aromatic rings. The fourth-order valence-electron chi connectivity index (χ4n) is 3.79. The lowest BCUT2D eigenvalue weighted by molar-refractivity contribution is -0.118. The number of benzene rings is 3. The van der Waals surface area contributed by atoms with Gasteiger partial charge in [-0.25, -0.2) is 0 Å². The Morgan fingerprint density at radius 3 is 2.50 bits per heavy atom. The molecule has 0 bridgehead atoms. The van der Waals surface area contributed by atoms with Gasteiger partial charge in [-0.3, -0.25) is 14.5 Å². The van der Waals surface area contributed by atoms with Crippen LogP contribution in [0.1, 0.15) is 16.7 Å². The Hall–Kier alpha value is -3.34. The number of anilines is 2. The van der Waals surface area contributed by atoms with Crippen molar-refractivity contribution in [3.05, 3.63) is 80.7 Å². The van der Waals surface area contributed by atoms with Gasteiger partial charge in [0.25, 0.3) is 11.8 Å². The van der Waals surface area contributed by atoms with E-state index < -0.39 is 0 Å². The molecule has 196 valence electrons. The van der Waals surface area contributed by atoms with Gasteiger partial charge in [0.1, 0.15) is 5.75 Å². The van der Waals surface area contributed by atoms with Crippen LogP contribution in [0.5, 0.6) is 17.2 Å². The van der Waals surface area contributed by atoms with Crippen molar-refractivity contribution in [3.8, 4) is 17.2 Å². The number of amides is 2. The van der Waals surface area contributed by atoms with E-state index in [0.717, 1.165) is 26.9 Å². The van der Waals surface area contributed by atoms with Crippen LogP contribution < -0.4 is 24.4 Å². The largest absolute Gasteiger partial charge is 0.495 e. The first-order valence-electron chi connectivity index (χ1n) is 11.5. The van der Waals surface area contributed by atoms with Crippen LogP contribution in [-0.4, -0.2) is 37.0 Å². The summed E-state index contributed by atoms with van der Waals surface area (Å²) in [5.41, 5.74) is 4.08. The van der Waals surface area contributed by atoms with Gasteiger partial charge in [-0.15, -0.1) is 0 Å². The molecule has 0 radical (unpaired) electrons. The highest BCUT2D eigenvalue weighted by molar-refractivity contribution is 9.10. The third kappa shape index (κ3) is 5.87. The van der Waals surface area contributed by atoms with Crippen LogP contribution in [0.3, 0.4) is 0 Å². The van der Waals surface area contributed by atoms with Crippen LogP contribution in [0.2, 0.25) is 0 Å². The number of nitrogens with one attached hydrogen (secondary N) is 1.